The first-order chi connectivity index (χ1) is 7.58. The summed E-state index contributed by atoms with van der Waals surface area (Å²) in [5.41, 5.74) is 2.18. The zero-order valence-electron chi connectivity index (χ0n) is 8.53. The second-order valence-corrected chi connectivity index (χ2v) is 4.81. The van der Waals surface area contributed by atoms with Crippen molar-refractivity contribution >= 4 is 28.9 Å². The van der Waals surface area contributed by atoms with E-state index in [9.17, 15) is 4.79 Å². The SMILES string of the molecule is Cc1csc(-c2cc(C(=O)O)ccc2Cl)c1. The summed E-state index contributed by atoms with van der Waals surface area (Å²) >= 11 is 7.62. The first kappa shape index (κ1) is 11.2. The third kappa shape index (κ3) is 2.10. The Balaban J connectivity index is 2.55. The van der Waals surface area contributed by atoms with Gasteiger partial charge in [-0.05, 0) is 42.1 Å². The third-order valence-electron chi connectivity index (χ3n) is 2.21. The summed E-state index contributed by atoms with van der Waals surface area (Å²) in [7, 11) is 0. The molecule has 0 bridgehead atoms. The average molecular weight is 253 g/mol. The van der Waals surface area contributed by atoms with Gasteiger partial charge in [0.15, 0.2) is 0 Å². The smallest absolute Gasteiger partial charge is 0.335 e. The van der Waals surface area contributed by atoms with Gasteiger partial charge in [0.05, 0.1) is 5.56 Å². The van der Waals surface area contributed by atoms with Crippen molar-refractivity contribution in [2.75, 3.05) is 0 Å². The molecule has 0 aliphatic rings. The Labute approximate surface area is 102 Å². The van der Waals surface area contributed by atoms with Crippen LogP contribution in [-0.2, 0) is 0 Å². The van der Waals surface area contributed by atoms with Gasteiger partial charge in [-0.3, -0.25) is 0 Å². The summed E-state index contributed by atoms with van der Waals surface area (Å²) in [6, 6.07) is 6.73. The lowest BCUT2D eigenvalue weighted by atomic mass is 10.1. The first-order valence-electron chi connectivity index (χ1n) is 4.66. The summed E-state index contributed by atoms with van der Waals surface area (Å²) in [6.45, 7) is 1.99. The molecule has 1 aromatic carbocycles. The van der Waals surface area contributed by atoms with Crippen molar-refractivity contribution in [3.63, 3.8) is 0 Å². The van der Waals surface area contributed by atoms with Gasteiger partial charge in [0, 0.05) is 15.5 Å². The van der Waals surface area contributed by atoms with E-state index in [0.29, 0.717) is 5.02 Å². The highest BCUT2D eigenvalue weighted by Crippen LogP contribution is 2.33. The van der Waals surface area contributed by atoms with Gasteiger partial charge in [-0.1, -0.05) is 11.6 Å². The topological polar surface area (TPSA) is 37.3 Å². The Kier molecular flexibility index (Phi) is 2.99. The monoisotopic (exact) mass is 252 g/mol. The van der Waals surface area contributed by atoms with Crippen LogP contribution in [0.15, 0.2) is 29.6 Å². The number of carboxylic acid groups (broad SMARTS) is 1. The molecule has 0 saturated carbocycles. The van der Waals surface area contributed by atoms with E-state index < -0.39 is 5.97 Å². The van der Waals surface area contributed by atoms with Gasteiger partial charge in [-0.25, -0.2) is 4.79 Å². The Hall–Kier alpha value is -1.32. The number of thiophene rings is 1. The number of carboxylic acids is 1. The molecule has 0 unspecified atom stereocenters. The summed E-state index contributed by atoms with van der Waals surface area (Å²) in [5.74, 6) is -0.939. The third-order valence-corrected chi connectivity index (χ3v) is 3.62. The molecule has 0 atom stereocenters. The molecule has 0 aliphatic carbocycles. The Bertz CT molecular complexity index is 546. The quantitative estimate of drug-likeness (QED) is 0.875. The lowest BCUT2D eigenvalue weighted by molar-refractivity contribution is 0.0697. The number of carbonyl (C=O) groups is 1. The van der Waals surface area contributed by atoms with E-state index in [2.05, 4.69) is 0 Å². The van der Waals surface area contributed by atoms with Crippen LogP contribution in [0.5, 0.6) is 0 Å². The lowest BCUT2D eigenvalue weighted by Crippen LogP contribution is -1.95. The molecule has 2 nitrogen and oxygen atoms in total. The number of aryl methyl sites for hydroxylation is 1. The molecule has 0 fully saturated rings. The fourth-order valence-electron chi connectivity index (χ4n) is 1.42. The van der Waals surface area contributed by atoms with Crippen LogP contribution in [0.25, 0.3) is 10.4 Å². The molecule has 1 N–H and O–H groups in total. The molecule has 0 amide bonds. The van der Waals surface area contributed by atoms with E-state index in [4.69, 9.17) is 16.7 Å². The molecule has 1 heterocycles. The molecule has 4 heteroatoms. The minimum absolute atomic E-state index is 0.255. The summed E-state index contributed by atoms with van der Waals surface area (Å²) in [5, 5.41) is 11.5. The van der Waals surface area contributed by atoms with Gasteiger partial charge < -0.3 is 5.11 Å². The maximum atomic E-state index is 10.9. The van der Waals surface area contributed by atoms with Crippen molar-refractivity contribution in [3.05, 3.63) is 45.8 Å². The molecule has 2 rings (SSSR count). The first-order valence-corrected chi connectivity index (χ1v) is 5.92. The number of hydrogen-bond acceptors (Lipinski definition) is 2. The lowest BCUT2D eigenvalue weighted by Gasteiger charge is -2.02. The maximum absolute atomic E-state index is 10.9. The van der Waals surface area contributed by atoms with Crippen molar-refractivity contribution < 1.29 is 9.90 Å². The molecular formula is C12H9ClO2S. The van der Waals surface area contributed by atoms with Gasteiger partial charge in [-0.2, -0.15) is 0 Å². The molecular weight excluding hydrogens is 244 g/mol. The zero-order chi connectivity index (χ0) is 11.7. The number of hydrogen-bond donors (Lipinski definition) is 1. The molecule has 0 spiro atoms. The van der Waals surface area contributed by atoms with Gasteiger partial charge in [0.2, 0.25) is 0 Å². The minimum atomic E-state index is -0.939. The van der Waals surface area contributed by atoms with E-state index in [1.165, 1.54) is 6.07 Å². The van der Waals surface area contributed by atoms with Crippen molar-refractivity contribution in [2.45, 2.75) is 6.92 Å². The number of halogens is 1. The molecule has 82 valence electrons. The van der Waals surface area contributed by atoms with Crippen LogP contribution in [0.1, 0.15) is 15.9 Å². The standard InChI is InChI=1S/C12H9ClO2S/c1-7-4-11(16-6-7)9-5-8(12(14)15)2-3-10(9)13/h2-6H,1H3,(H,14,15). The van der Waals surface area contributed by atoms with Crippen LogP contribution in [0.2, 0.25) is 5.02 Å². The van der Waals surface area contributed by atoms with Crippen LogP contribution < -0.4 is 0 Å². The Morgan fingerprint density at radius 2 is 2.12 bits per heavy atom. The normalized spacial score (nSPS) is 10.4. The summed E-state index contributed by atoms with van der Waals surface area (Å²) < 4.78 is 0. The van der Waals surface area contributed by atoms with Gasteiger partial charge in [0.1, 0.15) is 0 Å². The predicted molar refractivity (Wildman–Crippen MR) is 66.5 cm³/mol. The molecule has 0 aliphatic heterocycles. The highest BCUT2D eigenvalue weighted by molar-refractivity contribution is 7.13. The largest absolute Gasteiger partial charge is 0.478 e. The van der Waals surface area contributed by atoms with Crippen LogP contribution in [-0.4, -0.2) is 11.1 Å². The molecule has 2 aromatic rings. The fourth-order valence-corrected chi connectivity index (χ4v) is 2.63. The van der Waals surface area contributed by atoms with E-state index in [1.807, 2.05) is 18.4 Å². The van der Waals surface area contributed by atoms with Crippen molar-refractivity contribution in [2.24, 2.45) is 0 Å². The summed E-state index contributed by atoms with van der Waals surface area (Å²) in [6.07, 6.45) is 0. The number of aromatic carboxylic acids is 1. The predicted octanol–water partition coefficient (Wildman–Crippen LogP) is 4.08. The second-order valence-electron chi connectivity index (χ2n) is 3.49. The number of rotatable bonds is 2. The van der Waals surface area contributed by atoms with Crippen LogP contribution in [0.3, 0.4) is 0 Å². The second kappa shape index (κ2) is 4.28. The molecule has 0 radical (unpaired) electrons. The summed E-state index contributed by atoms with van der Waals surface area (Å²) in [4.78, 5) is 11.9. The van der Waals surface area contributed by atoms with Crippen molar-refractivity contribution in [3.8, 4) is 10.4 Å². The van der Waals surface area contributed by atoms with Crippen molar-refractivity contribution in [1.82, 2.24) is 0 Å². The molecule has 1 aromatic heterocycles. The van der Waals surface area contributed by atoms with E-state index in [0.717, 1.165) is 16.0 Å². The van der Waals surface area contributed by atoms with Crippen LogP contribution >= 0.6 is 22.9 Å². The number of benzene rings is 1. The maximum Gasteiger partial charge on any atom is 0.335 e. The van der Waals surface area contributed by atoms with E-state index >= 15 is 0 Å². The average Bonchev–Trinajstić information content (AvgIpc) is 2.65. The highest BCUT2D eigenvalue weighted by atomic mass is 35.5. The fraction of sp³-hybridized carbons (Fsp3) is 0.0833. The van der Waals surface area contributed by atoms with Crippen LogP contribution in [0.4, 0.5) is 0 Å². The van der Waals surface area contributed by atoms with Gasteiger partial charge in [0.25, 0.3) is 0 Å². The van der Waals surface area contributed by atoms with Gasteiger partial charge in [-0.15, -0.1) is 11.3 Å². The molecule has 0 saturated heterocycles. The van der Waals surface area contributed by atoms with Gasteiger partial charge >= 0.3 is 5.97 Å². The minimum Gasteiger partial charge on any atom is -0.478 e. The van der Waals surface area contributed by atoms with E-state index in [-0.39, 0.29) is 5.56 Å². The zero-order valence-corrected chi connectivity index (χ0v) is 10.1. The van der Waals surface area contributed by atoms with Crippen LogP contribution in [0, 0.1) is 6.92 Å². The Morgan fingerprint density at radius 1 is 1.38 bits per heavy atom. The highest BCUT2D eigenvalue weighted by Gasteiger charge is 2.10. The van der Waals surface area contributed by atoms with Crippen molar-refractivity contribution in [1.29, 1.82) is 0 Å². The Morgan fingerprint density at radius 3 is 2.69 bits per heavy atom. The van der Waals surface area contributed by atoms with E-state index in [1.54, 1.807) is 23.5 Å². The molecule has 16 heavy (non-hydrogen) atoms.